The van der Waals surface area contributed by atoms with Gasteiger partial charge in [0.2, 0.25) is 0 Å². The number of furan rings is 1. The number of urea groups is 1. The van der Waals surface area contributed by atoms with Crippen molar-refractivity contribution in [1.82, 2.24) is 4.98 Å². The highest BCUT2D eigenvalue weighted by atomic mass is 32.1. The van der Waals surface area contributed by atoms with Gasteiger partial charge in [-0.3, -0.25) is 5.32 Å². The minimum Gasteiger partial charge on any atom is -0.493 e. The number of thiazole rings is 1. The first kappa shape index (κ1) is 17.9. The van der Waals surface area contributed by atoms with E-state index in [2.05, 4.69) is 15.6 Å². The molecule has 28 heavy (non-hydrogen) atoms. The largest absolute Gasteiger partial charge is 0.493 e. The van der Waals surface area contributed by atoms with Crippen molar-refractivity contribution in [2.75, 3.05) is 24.9 Å². The van der Waals surface area contributed by atoms with Crippen molar-refractivity contribution in [1.29, 1.82) is 0 Å². The lowest BCUT2D eigenvalue weighted by Crippen LogP contribution is -2.19. The van der Waals surface area contributed by atoms with Crippen molar-refractivity contribution in [3.63, 3.8) is 0 Å². The Bertz CT molecular complexity index is 1100. The molecule has 0 fully saturated rings. The lowest BCUT2D eigenvalue weighted by molar-refractivity contribution is 0.262. The van der Waals surface area contributed by atoms with Crippen LogP contribution in [0.5, 0.6) is 11.5 Å². The number of rotatable bonds is 5. The molecular formula is C20H17N3O4S. The zero-order valence-electron chi connectivity index (χ0n) is 15.2. The maximum atomic E-state index is 12.3. The van der Waals surface area contributed by atoms with E-state index in [1.165, 1.54) is 18.4 Å². The van der Waals surface area contributed by atoms with E-state index < -0.39 is 6.03 Å². The quantitative estimate of drug-likeness (QED) is 0.484. The van der Waals surface area contributed by atoms with Crippen molar-refractivity contribution < 1.29 is 18.7 Å². The molecule has 142 valence electrons. The zero-order valence-corrected chi connectivity index (χ0v) is 16.0. The normalized spacial score (nSPS) is 10.6. The number of carbonyl (C=O) groups is 1. The summed E-state index contributed by atoms with van der Waals surface area (Å²) in [6.45, 7) is 0. The molecule has 4 aromatic rings. The molecule has 0 bridgehead atoms. The van der Waals surface area contributed by atoms with Crippen LogP contribution in [0.2, 0.25) is 0 Å². The monoisotopic (exact) mass is 395 g/mol. The molecule has 2 heterocycles. The molecule has 0 aliphatic heterocycles. The van der Waals surface area contributed by atoms with Gasteiger partial charge < -0.3 is 19.2 Å². The average Bonchev–Trinajstić information content (AvgIpc) is 3.34. The predicted molar refractivity (Wildman–Crippen MR) is 110 cm³/mol. The number of aromatic nitrogens is 1. The molecule has 7 nitrogen and oxygen atoms in total. The first-order valence-corrected chi connectivity index (χ1v) is 9.29. The Morgan fingerprint density at radius 3 is 2.64 bits per heavy atom. The molecule has 0 saturated carbocycles. The number of fused-ring (bicyclic) bond motifs is 1. The number of carbonyl (C=O) groups excluding carboxylic acids is 1. The van der Waals surface area contributed by atoms with E-state index in [-0.39, 0.29) is 0 Å². The second kappa shape index (κ2) is 7.61. The molecule has 0 spiro atoms. The fourth-order valence-corrected chi connectivity index (χ4v) is 3.42. The number of methoxy groups -OCH3 is 2. The van der Waals surface area contributed by atoms with Gasteiger partial charge in [-0.15, -0.1) is 11.3 Å². The van der Waals surface area contributed by atoms with Gasteiger partial charge in [-0.25, -0.2) is 9.78 Å². The Kier molecular flexibility index (Phi) is 4.86. The molecule has 2 aromatic heterocycles. The fourth-order valence-electron chi connectivity index (χ4n) is 2.73. The van der Waals surface area contributed by atoms with Crippen LogP contribution in [0.4, 0.5) is 15.6 Å². The number of amides is 2. The van der Waals surface area contributed by atoms with Crippen molar-refractivity contribution in [3.8, 4) is 23.0 Å². The Hall–Kier alpha value is -3.52. The number of para-hydroxylation sites is 1. The Balaban J connectivity index is 1.45. The van der Waals surface area contributed by atoms with Crippen LogP contribution in [0.15, 0.2) is 58.3 Å². The van der Waals surface area contributed by atoms with Gasteiger partial charge in [-0.2, -0.15) is 0 Å². The average molecular weight is 395 g/mol. The van der Waals surface area contributed by atoms with Gasteiger partial charge in [0.1, 0.15) is 11.3 Å². The summed E-state index contributed by atoms with van der Waals surface area (Å²) in [7, 11) is 3.09. The Morgan fingerprint density at radius 2 is 1.86 bits per heavy atom. The molecule has 0 unspecified atom stereocenters. The van der Waals surface area contributed by atoms with E-state index in [1.54, 1.807) is 25.3 Å². The summed E-state index contributed by atoms with van der Waals surface area (Å²) < 4.78 is 16.2. The van der Waals surface area contributed by atoms with Crippen LogP contribution < -0.4 is 20.1 Å². The first-order valence-electron chi connectivity index (χ1n) is 8.41. The van der Waals surface area contributed by atoms with E-state index >= 15 is 0 Å². The first-order chi connectivity index (χ1) is 13.7. The van der Waals surface area contributed by atoms with Crippen LogP contribution in [0.3, 0.4) is 0 Å². The van der Waals surface area contributed by atoms with E-state index in [0.717, 1.165) is 11.0 Å². The summed E-state index contributed by atoms with van der Waals surface area (Å²) in [4.78, 5) is 16.7. The molecule has 4 rings (SSSR count). The SMILES string of the molecule is COc1ccc(NC(=O)Nc2nc(-c3cc4ccccc4o3)cs2)cc1OC. The van der Waals surface area contributed by atoms with Crippen molar-refractivity contribution in [2.24, 2.45) is 0 Å². The molecule has 2 aromatic carbocycles. The van der Waals surface area contributed by atoms with Gasteiger partial charge in [0.05, 0.1) is 14.2 Å². The second-order valence-electron chi connectivity index (χ2n) is 5.84. The molecule has 2 N–H and O–H groups in total. The molecule has 0 atom stereocenters. The van der Waals surface area contributed by atoms with E-state index in [0.29, 0.717) is 33.8 Å². The van der Waals surface area contributed by atoms with E-state index in [9.17, 15) is 4.79 Å². The lowest BCUT2D eigenvalue weighted by Gasteiger charge is -2.10. The van der Waals surface area contributed by atoms with Gasteiger partial charge >= 0.3 is 6.03 Å². The second-order valence-corrected chi connectivity index (χ2v) is 6.69. The standard InChI is InChI=1S/C20H17N3O4S/c1-25-16-8-7-13(10-18(16)26-2)21-19(24)23-20-22-14(11-28-20)17-9-12-5-3-4-6-15(12)27-17/h3-11H,1-2H3,(H2,21,22,23,24). The zero-order chi connectivity index (χ0) is 19.5. The molecular weight excluding hydrogens is 378 g/mol. The summed E-state index contributed by atoms with van der Waals surface area (Å²) >= 11 is 1.32. The number of nitrogens with one attached hydrogen (secondary N) is 2. The van der Waals surface area contributed by atoms with E-state index in [4.69, 9.17) is 13.9 Å². The maximum absolute atomic E-state index is 12.3. The highest BCUT2D eigenvalue weighted by Gasteiger charge is 2.12. The van der Waals surface area contributed by atoms with E-state index in [1.807, 2.05) is 35.7 Å². The molecule has 0 aliphatic rings. The van der Waals surface area contributed by atoms with Crippen LogP contribution in [-0.4, -0.2) is 25.2 Å². The third kappa shape index (κ3) is 3.63. The number of nitrogens with zero attached hydrogens (tertiary/aromatic N) is 1. The number of benzene rings is 2. The number of anilines is 2. The van der Waals surface area contributed by atoms with Crippen LogP contribution in [0.25, 0.3) is 22.4 Å². The minimum atomic E-state index is -0.405. The molecule has 8 heteroatoms. The van der Waals surface area contributed by atoms with Crippen molar-refractivity contribution >= 4 is 39.2 Å². The highest BCUT2D eigenvalue weighted by Crippen LogP contribution is 2.31. The summed E-state index contributed by atoms with van der Waals surface area (Å²) in [6.07, 6.45) is 0. The summed E-state index contributed by atoms with van der Waals surface area (Å²) in [5.41, 5.74) is 2.04. The molecule has 0 aliphatic carbocycles. The Labute approximate surface area is 164 Å². The van der Waals surface area contributed by atoms with Crippen LogP contribution in [0.1, 0.15) is 0 Å². The van der Waals surface area contributed by atoms with Crippen LogP contribution in [-0.2, 0) is 0 Å². The van der Waals surface area contributed by atoms with Crippen molar-refractivity contribution in [2.45, 2.75) is 0 Å². The van der Waals surface area contributed by atoms with Gasteiger partial charge in [0.15, 0.2) is 22.4 Å². The molecule has 0 saturated heterocycles. The summed E-state index contributed by atoms with van der Waals surface area (Å²) in [5.74, 6) is 1.77. The van der Waals surface area contributed by atoms with Gasteiger partial charge in [-0.05, 0) is 24.3 Å². The van der Waals surface area contributed by atoms with Gasteiger partial charge in [0, 0.05) is 22.5 Å². The number of hydrogen-bond acceptors (Lipinski definition) is 6. The summed E-state index contributed by atoms with van der Waals surface area (Å²) in [6, 6.07) is 14.4. The fraction of sp³-hybridized carbons (Fsp3) is 0.100. The van der Waals surface area contributed by atoms with Crippen LogP contribution in [0, 0.1) is 0 Å². The van der Waals surface area contributed by atoms with Crippen molar-refractivity contribution in [3.05, 3.63) is 53.9 Å². The lowest BCUT2D eigenvalue weighted by atomic mass is 10.2. The molecule has 2 amide bonds. The van der Waals surface area contributed by atoms with Gasteiger partial charge in [-0.1, -0.05) is 18.2 Å². The number of ether oxygens (including phenoxy) is 2. The minimum absolute atomic E-state index is 0.405. The Morgan fingerprint density at radius 1 is 1.04 bits per heavy atom. The smallest absolute Gasteiger partial charge is 0.325 e. The topological polar surface area (TPSA) is 85.6 Å². The highest BCUT2D eigenvalue weighted by molar-refractivity contribution is 7.14. The number of hydrogen-bond donors (Lipinski definition) is 2. The third-order valence-corrected chi connectivity index (χ3v) is 4.80. The summed E-state index contributed by atoms with van der Waals surface area (Å²) in [5, 5.41) is 8.78. The van der Waals surface area contributed by atoms with Crippen LogP contribution >= 0.6 is 11.3 Å². The predicted octanol–water partition coefficient (Wildman–Crippen LogP) is 5.22. The molecule has 0 radical (unpaired) electrons. The maximum Gasteiger partial charge on any atom is 0.325 e. The van der Waals surface area contributed by atoms with Gasteiger partial charge in [0.25, 0.3) is 0 Å². The third-order valence-electron chi connectivity index (χ3n) is 4.04.